The van der Waals surface area contributed by atoms with Crippen LogP contribution in [-0.4, -0.2) is 7.11 Å². The van der Waals surface area contributed by atoms with Crippen molar-refractivity contribution in [2.75, 3.05) is 7.11 Å². The highest BCUT2D eigenvalue weighted by Gasteiger charge is 2.16. The highest BCUT2D eigenvalue weighted by molar-refractivity contribution is 9.09. The summed E-state index contributed by atoms with van der Waals surface area (Å²) in [5.74, 6) is 0.687. The third kappa shape index (κ3) is 2.81. The first kappa shape index (κ1) is 14.1. The molecule has 0 fully saturated rings. The van der Waals surface area contributed by atoms with Crippen LogP contribution in [0.3, 0.4) is 0 Å². The number of alkyl halides is 1. The Hall–Kier alpha value is -1.35. The summed E-state index contributed by atoms with van der Waals surface area (Å²) in [6.45, 7) is 3.57. The maximum Gasteiger partial charge on any atom is 0.129 e. The van der Waals surface area contributed by atoms with Gasteiger partial charge < -0.3 is 4.74 Å². The highest BCUT2D eigenvalue weighted by atomic mass is 79.9. The van der Waals surface area contributed by atoms with Gasteiger partial charge in [-0.05, 0) is 36.6 Å². The normalized spacial score (nSPS) is 12.3. The topological polar surface area (TPSA) is 9.23 Å². The Morgan fingerprint density at radius 1 is 1.11 bits per heavy atom. The molecule has 3 heteroatoms. The van der Waals surface area contributed by atoms with E-state index in [2.05, 4.69) is 15.9 Å². The standard InChI is InChI=1S/C16H16BrFO/c1-10-8-12(9-11(2)16(10)18)15(17)13-6-4-5-7-14(13)19-3/h4-9,15H,1-3H3. The second kappa shape index (κ2) is 5.74. The molecule has 2 aromatic rings. The minimum Gasteiger partial charge on any atom is -0.496 e. The number of benzene rings is 2. The number of ether oxygens (including phenoxy) is 1. The lowest BCUT2D eigenvalue weighted by Gasteiger charge is -2.16. The number of aryl methyl sites for hydroxylation is 2. The third-order valence-corrected chi connectivity index (χ3v) is 4.19. The average molecular weight is 323 g/mol. The maximum absolute atomic E-state index is 13.7. The molecule has 0 aliphatic carbocycles. The van der Waals surface area contributed by atoms with Crippen molar-refractivity contribution in [3.05, 3.63) is 64.5 Å². The summed E-state index contributed by atoms with van der Waals surface area (Å²) >= 11 is 3.68. The Morgan fingerprint density at radius 2 is 1.68 bits per heavy atom. The van der Waals surface area contributed by atoms with E-state index in [1.54, 1.807) is 21.0 Å². The zero-order valence-corrected chi connectivity index (χ0v) is 12.8. The molecule has 0 aliphatic rings. The Kier molecular flexibility index (Phi) is 4.25. The van der Waals surface area contributed by atoms with E-state index in [0.717, 1.165) is 16.9 Å². The molecule has 0 radical (unpaired) electrons. The zero-order chi connectivity index (χ0) is 14.0. The molecule has 0 spiro atoms. The SMILES string of the molecule is COc1ccccc1C(Br)c1cc(C)c(F)c(C)c1. The summed E-state index contributed by atoms with van der Waals surface area (Å²) in [5.41, 5.74) is 3.39. The van der Waals surface area contributed by atoms with Crippen LogP contribution >= 0.6 is 15.9 Å². The summed E-state index contributed by atoms with van der Waals surface area (Å²) in [5, 5.41) is 0. The minimum absolute atomic E-state index is 0.0124. The highest BCUT2D eigenvalue weighted by Crippen LogP contribution is 2.37. The first-order chi connectivity index (χ1) is 9.04. The molecule has 0 saturated carbocycles. The lowest BCUT2D eigenvalue weighted by atomic mass is 9.99. The first-order valence-electron chi connectivity index (χ1n) is 6.08. The van der Waals surface area contributed by atoms with Crippen molar-refractivity contribution in [2.45, 2.75) is 18.7 Å². The lowest BCUT2D eigenvalue weighted by Crippen LogP contribution is -1.99. The molecule has 2 rings (SSSR count). The van der Waals surface area contributed by atoms with E-state index in [4.69, 9.17) is 4.74 Å². The van der Waals surface area contributed by atoms with Crippen LogP contribution in [0.2, 0.25) is 0 Å². The quantitative estimate of drug-likeness (QED) is 0.727. The summed E-state index contributed by atoms with van der Waals surface area (Å²) in [4.78, 5) is -0.0124. The van der Waals surface area contributed by atoms with Gasteiger partial charge in [-0.1, -0.05) is 46.3 Å². The van der Waals surface area contributed by atoms with Crippen molar-refractivity contribution in [1.82, 2.24) is 0 Å². The molecule has 100 valence electrons. The molecule has 19 heavy (non-hydrogen) atoms. The Bertz CT molecular complexity index is 572. The third-order valence-electron chi connectivity index (χ3n) is 3.16. The van der Waals surface area contributed by atoms with E-state index >= 15 is 0 Å². The molecular weight excluding hydrogens is 307 g/mol. The summed E-state index contributed by atoms with van der Waals surface area (Å²) in [6, 6.07) is 11.6. The van der Waals surface area contributed by atoms with Gasteiger partial charge in [-0.25, -0.2) is 4.39 Å². The van der Waals surface area contributed by atoms with Crippen molar-refractivity contribution in [3.63, 3.8) is 0 Å². The van der Waals surface area contributed by atoms with Crippen LogP contribution in [-0.2, 0) is 0 Å². The van der Waals surface area contributed by atoms with Crippen LogP contribution in [0, 0.1) is 19.7 Å². The molecule has 0 aliphatic heterocycles. The molecule has 1 nitrogen and oxygen atoms in total. The van der Waals surface area contributed by atoms with Crippen molar-refractivity contribution in [3.8, 4) is 5.75 Å². The summed E-state index contributed by atoms with van der Waals surface area (Å²) in [6.07, 6.45) is 0. The molecule has 0 saturated heterocycles. The van der Waals surface area contributed by atoms with E-state index in [-0.39, 0.29) is 10.6 Å². The maximum atomic E-state index is 13.7. The van der Waals surface area contributed by atoms with E-state index in [1.807, 2.05) is 36.4 Å². The van der Waals surface area contributed by atoms with Crippen LogP contribution in [0.25, 0.3) is 0 Å². The smallest absolute Gasteiger partial charge is 0.129 e. The largest absolute Gasteiger partial charge is 0.496 e. The molecule has 2 aromatic carbocycles. The van der Waals surface area contributed by atoms with Crippen molar-refractivity contribution >= 4 is 15.9 Å². The number of hydrogen-bond donors (Lipinski definition) is 0. The molecule has 0 heterocycles. The van der Waals surface area contributed by atoms with E-state index in [1.165, 1.54) is 0 Å². The fourth-order valence-electron chi connectivity index (χ4n) is 2.18. The molecule has 0 N–H and O–H groups in total. The number of hydrogen-bond acceptors (Lipinski definition) is 1. The summed E-state index contributed by atoms with van der Waals surface area (Å²) < 4.78 is 19.1. The van der Waals surface area contributed by atoms with Gasteiger partial charge >= 0.3 is 0 Å². The van der Waals surface area contributed by atoms with Crippen molar-refractivity contribution in [1.29, 1.82) is 0 Å². The van der Waals surface area contributed by atoms with E-state index < -0.39 is 0 Å². The fourth-order valence-corrected chi connectivity index (χ4v) is 2.82. The molecular formula is C16H16BrFO. The first-order valence-corrected chi connectivity index (χ1v) is 6.99. The van der Waals surface area contributed by atoms with Crippen LogP contribution in [0.15, 0.2) is 36.4 Å². The Balaban J connectivity index is 2.47. The van der Waals surface area contributed by atoms with Gasteiger partial charge in [-0.3, -0.25) is 0 Å². The van der Waals surface area contributed by atoms with Crippen molar-refractivity contribution < 1.29 is 9.13 Å². The second-order valence-corrected chi connectivity index (χ2v) is 5.49. The van der Waals surface area contributed by atoms with Gasteiger partial charge in [0.2, 0.25) is 0 Å². The van der Waals surface area contributed by atoms with Gasteiger partial charge in [0.1, 0.15) is 11.6 Å². The molecule has 0 bridgehead atoms. The van der Waals surface area contributed by atoms with Gasteiger partial charge in [-0.15, -0.1) is 0 Å². The van der Waals surface area contributed by atoms with E-state index in [0.29, 0.717) is 11.1 Å². The lowest BCUT2D eigenvalue weighted by molar-refractivity contribution is 0.410. The molecule has 1 atom stereocenters. The van der Waals surface area contributed by atoms with Crippen LogP contribution in [0.5, 0.6) is 5.75 Å². The number of rotatable bonds is 3. The average Bonchev–Trinajstić information content (AvgIpc) is 2.43. The van der Waals surface area contributed by atoms with Gasteiger partial charge in [0.25, 0.3) is 0 Å². The number of methoxy groups -OCH3 is 1. The van der Waals surface area contributed by atoms with Crippen LogP contribution < -0.4 is 4.74 Å². The monoisotopic (exact) mass is 322 g/mol. The van der Waals surface area contributed by atoms with Gasteiger partial charge in [0.15, 0.2) is 0 Å². The fraction of sp³-hybridized carbons (Fsp3) is 0.250. The zero-order valence-electron chi connectivity index (χ0n) is 11.2. The van der Waals surface area contributed by atoms with Gasteiger partial charge in [0, 0.05) is 5.56 Å². The van der Waals surface area contributed by atoms with Crippen LogP contribution in [0.4, 0.5) is 4.39 Å². The predicted octanol–water partition coefficient (Wildman–Crippen LogP) is 4.94. The summed E-state index contributed by atoms with van der Waals surface area (Å²) in [7, 11) is 1.65. The Labute approximate surface area is 121 Å². The van der Waals surface area contributed by atoms with Gasteiger partial charge in [-0.2, -0.15) is 0 Å². The van der Waals surface area contributed by atoms with E-state index in [9.17, 15) is 4.39 Å². The van der Waals surface area contributed by atoms with Gasteiger partial charge in [0.05, 0.1) is 11.9 Å². The van der Waals surface area contributed by atoms with Crippen LogP contribution in [0.1, 0.15) is 27.1 Å². The minimum atomic E-state index is -0.136. The Morgan fingerprint density at radius 3 is 2.26 bits per heavy atom. The number of para-hydroxylation sites is 1. The predicted molar refractivity (Wildman–Crippen MR) is 79.6 cm³/mol. The molecule has 0 aromatic heterocycles. The molecule has 0 amide bonds. The van der Waals surface area contributed by atoms with Crippen molar-refractivity contribution in [2.24, 2.45) is 0 Å². The molecule has 1 unspecified atom stereocenters. The number of halogens is 2. The second-order valence-electron chi connectivity index (χ2n) is 4.57.